The maximum absolute atomic E-state index is 12.9. The molecule has 144 valence electrons. The van der Waals surface area contributed by atoms with E-state index in [-0.39, 0.29) is 29.7 Å². The first kappa shape index (κ1) is 18.0. The minimum Gasteiger partial charge on any atom is -0.353 e. The first-order chi connectivity index (χ1) is 13.0. The van der Waals surface area contributed by atoms with E-state index in [2.05, 4.69) is 5.32 Å². The molecule has 1 aliphatic carbocycles. The molecule has 2 saturated heterocycles. The number of anilines is 1. The van der Waals surface area contributed by atoms with E-state index in [1.54, 1.807) is 9.80 Å². The Morgan fingerprint density at radius 3 is 2.26 bits per heavy atom. The molecule has 0 spiro atoms. The van der Waals surface area contributed by atoms with Crippen LogP contribution in [0.1, 0.15) is 37.7 Å². The molecule has 0 radical (unpaired) electrons. The number of likely N-dealkylation sites (tertiary alicyclic amines) is 1. The van der Waals surface area contributed by atoms with Gasteiger partial charge in [0.25, 0.3) is 0 Å². The van der Waals surface area contributed by atoms with E-state index in [1.165, 1.54) is 0 Å². The number of aryl methyl sites for hydroxylation is 1. The fourth-order valence-corrected chi connectivity index (χ4v) is 4.02. The van der Waals surface area contributed by atoms with Gasteiger partial charge in [0.05, 0.1) is 0 Å². The third-order valence-electron chi connectivity index (χ3n) is 5.95. The van der Waals surface area contributed by atoms with Crippen molar-refractivity contribution in [3.8, 4) is 0 Å². The fourth-order valence-electron chi connectivity index (χ4n) is 4.02. The second kappa shape index (κ2) is 7.33. The summed E-state index contributed by atoms with van der Waals surface area (Å²) in [7, 11) is 0. The van der Waals surface area contributed by atoms with Crippen molar-refractivity contribution in [3.05, 3.63) is 29.8 Å². The van der Waals surface area contributed by atoms with Gasteiger partial charge < -0.3 is 15.1 Å². The van der Waals surface area contributed by atoms with E-state index in [9.17, 15) is 14.4 Å². The highest BCUT2D eigenvalue weighted by Gasteiger charge is 2.40. The molecule has 0 bridgehead atoms. The smallest absolute Gasteiger partial charge is 0.239 e. The van der Waals surface area contributed by atoms with Crippen molar-refractivity contribution in [1.82, 2.24) is 10.2 Å². The molecule has 2 aliphatic heterocycles. The van der Waals surface area contributed by atoms with Crippen LogP contribution in [-0.4, -0.2) is 48.3 Å². The molecule has 1 N–H and O–H groups in total. The summed E-state index contributed by atoms with van der Waals surface area (Å²) >= 11 is 0. The molecular formula is C21H27N3O3. The Morgan fingerprint density at radius 1 is 0.963 bits per heavy atom. The largest absolute Gasteiger partial charge is 0.353 e. The van der Waals surface area contributed by atoms with Crippen molar-refractivity contribution >= 4 is 23.4 Å². The molecule has 6 heteroatoms. The molecule has 0 unspecified atom stereocenters. The molecule has 1 aromatic rings. The molecule has 1 aromatic carbocycles. The molecule has 1 atom stereocenters. The van der Waals surface area contributed by atoms with E-state index in [0.29, 0.717) is 26.1 Å². The van der Waals surface area contributed by atoms with Crippen molar-refractivity contribution in [3.63, 3.8) is 0 Å². The number of amides is 3. The fraction of sp³-hybridized carbons (Fsp3) is 0.571. The van der Waals surface area contributed by atoms with Crippen molar-refractivity contribution in [2.24, 2.45) is 11.8 Å². The van der Waals surface area contributed by atoms with Gasteiger partial charge in [0.2, 0.25) is 17.7 Å². The van der Waals surface area contributed by atoms with E-state index in [4.69, 9.17) is 0 Å². The molecule has 27 heavy (non-hydrogen) atoms. The lowest BCUT2D eigenvalue weighted by Gasteiger charge is -2.33. The number of nitrogens with one attached hydrogen (secondary N) is 1. The number of piperidine rings is 1. The predicted octanol–water partition coefficient (Wildman–Crippen LogP) is 1.87. The van der Waals surface area contributed by atoms with Gasteiger partial charge in [-0.25, -0.2) is 0 Å². The zero-order valence-electron chi connectivity index (χ0n) is 15.8. The van der Waals surface area contributed by atoms with Gasteiger partial charge >= 0.3 is 0 Å². The molecule has 3 aliphatic rings. The number of nitrogens with zero attached hydrogens (tertiary/aromatic N) is 2. The van der Waals surface area contributed by atoms with Crippen LogP contribution in [0.5, 0.6) is 0 Å². The third kappa shape index (κ3) is 3.84. The number of carbonyl (C=O) groups excluding carboxylic acids is 3. The lowest BCUT2D eigenvalue weighted by Crippen LogP contribution is -2.49. The van der Waals surface area contributed by atoms with Gasteiger partial charge in [-0.05, 0) is 51.2 Å². The highest BCUT2D eigenvalue weighted by molar-refractivity contribution is 6.09. The van der Waals surface area contributed by atoms with Crippen LogP contribution in [0.2, 0.25) is 0 Å². The Labute approximate surface area is 159 Å². The summed E-state index contributed by atoms with van der Waals surface area (Å²) in [5.41, 5.74) is 2.01. The quantitative estimate of drug-likeness (QED) is 0.824. The average molecular weight is 369 g/mol. The minimum absolute atomic E-state index is 0.0541. The van der Waals surface area contributed by atoms with E-state index in [1.807, 2.05) is 31.2 Å². The topological polar surface area (TPSA) is 69.7 Å². The van der Waals surface area contributed by atoms with Gasteiger partial charge in [0.15, 0.2) is 0 Å². The summed E-state index contributed by atoms with van der Waals surface area (Å²) in [6.45, 7) is 3.83. The van der Waals surface area contributed by atoms with Gasteiger partial charge in [-0.2, -0.15) is 0 Å². The van der Waals surface area contributed by atoms with E-state index < -0.39 is 5.92 Å². The van der Waals surface area contributed by atoms with Gasteiger partial charge in [-0.1, -0.05) is 17.7 Å². The summed E-state index contributed by atoms with van der Waals surface area (Å²) in [5, 5.41) is 3.10. The minimum atomic E-state index is -0.566. The molecule has 0 aromatic heterocycles. The molecule has 3 amide bonds. The van der Waals surface area contributed by atoms with Crippen LogP contribution in [0.3, 0.4) is 0 Å². The van der Waals surface area contributed by atoms with Gasteiger partial charge in [-0.15, -0.1) is 0 Å². The van der Waals surface area contributed by atoms with Crippen molar-refractivity contribution < 1.29 is 14.4 Å². The van der Waals surface area contributed by atoms with Gasteiger partial charge in [0, 0.05) is 37.3 Å². The van der Waals surface area contributed by atoms with Crippen LogP contribution in [0.25, 0.3) is 0 Å². The van der Waals surface area contributed by atoms with Crippen LogP contribution in [0.15, 0.2) is 24.3 Å². The van der Waals surface area contributed by atoms with E-state index in [0.717, 1.165) is 36.9 Å². The average Bonchev–Trinajstić information content (AvgIpc) is 3.46. The Kier molecular flexibility index (Phi) is 4.89. The number of hydrogen-bond acceptors (Lipinski definition) is 3. The standard InChI is InChI=1S/C21H27N3O3/c1-14-2-6-17(7-3-14)24-13-10-18(21(24)27)20(26)23-11-8-16(9-12-23)22-19(25)15-4-5-15/h2-3,6-7,15-16,18H,4-5,8-13H2,1H3,(H,22,25)/t18-/m1/s1. The first-order valence-corrected chi connectivity index (χ1v) is 10.00. The normalized spacial score (nSPS) is 23.6. The Morgan fingerprint density at radius 2 is 1.63 bits per heavy atom. The van der Waals surface area contributed by atoms with Crippen LogP contribution < -0.4 is 10.2 Å². The van der Waals surface area contributed by atoms with Crippen LogP contribution in [-0.2, 0) is 14.4 Å². The molecule has 3 fully saturated rings. The lowest BCUT2D eigenvalue weighted by molar-refractivity contribution is -0.140. The molecule has 4 rings (SSSR count). The first-order valence-electron chi connectivity index (χ1n) is 10.00. The molecule has 1 saturated carbocycles. The second-order valence-electron chi connectivity index (χ2n) is 8.05. The summed E-state index contributed by atoms with van der Waals surface area (Å²) in [6, 6.07) is 8.00. The van der Waals surface area contributed by atoms with Crippen molar-refractivity contribution in [1.29, 1.82) is 0 Å². The number of hydrogen-bond donors (Lipinski definition) is 1. The van der Waals surface area contributed by atoms with E-state index >= 15 is 0 Å². The van der Waals surface area contributed by atoms with Crippen molar-refractivity contribution in [2.45, 2.75) is 45.1 Å². The maximum atomic E-state index is 12.9. The zero-order chi connectivity index (χ0) is 19.0. The maximum Gasteiger partial charge on any atom is 0.239 e. The summed E-state index contributed by atoms with van der Waals surface area (Å²) < 4.78 is 0. The highest BCUT2D eigenvalue weighted by Crippen LogP contribution is 2.30. The summed E-state index contributed by atoms with van der Waals surface area (Å²) in [4.78, 5) is 41.1. The van der Waals surface area contributed by atoms with Crippen LogP contribution in [0.4, 0.5) is 5.69 Å². The Hall–Kier alpha value is -2.37. The van der Waals surface area contributed by atoms with Crippen LogP contribution >= 0.6 is 0 Å². The predicted molar refractivity (Wildman–Crippen MR) is 102 cm³/mol. The summed E-state index contributed by atoms with van der Waals surface area (Å²) in [6.07, 6.45) is 4.12. The highest BCUT2D eigenvalue weighted by atomic mass is 16.2. The molecular weight excluding hydrogens is 342 g/mol. The van der Waals surface area contributed by atoms with Crippen molar-refractivity contribution in [2.75, 3.05) is 24.5 Å². The number of rotatable bonds is 4. The van der Waals surface area contributed by atoms with Gasteiger partial charge in [0.1, 0.15) is 5.92 Å². The number of benzene rings is 1. The Bertz CT molecular complexity index is 734. The second-order valence-corrected chi connectivity index (χ2v) is 8.05. The zero-order valence-corrected chi connectivity index (χ0v) is 15.8. The number of carbonyl (C=O) groups is 3. The monoisotopic (exact) mass is 369 g/mol. The SMILES string of the molecule is Cc1ccc(N2CC[C@H](C(=O)N3CCC(NC(=O)C4CC4)CC3)C2=O)cc1. The van der Waals surface area contributed by atoms with Gasteiger partial charge in [-0.3, -0.25) is 14.4 Å². The third-order valence-corrected chi connectivity index (χ3v) is 5.95. The van der Waals surface area contributed by atoms with Crippen LogP contribution in [0, 0.1) is 18.8 Å². The lowest BCUT2D eigenvalue weighted by atomic mass is 10.0. The molecule has 2 heterocycles. The molecule has 6 nitrogen and oxygen atoms in total. The summed E-state index contributed by atoms with van der Waals surface area (Å²) in [5.74, 6) is -0.327. The Balaban J connectivity index is 1.31.